The number of methoxy groups -OCH3 is 1. The Morgan fingerprint density at radius 1 is 1.45 bits per heavy atom. The first-order chi connectivity index (χ1) is 9.22. The molecule has 1 aromatic heterocycles. The van der Waals surface area contributed by atoms with Crippen LogP contribution in [0, 0.1) is 6.92 Å². The number of nitrogens with one attached hydrogen (secondary N) is 1. The fourth-order valence-electron chi connectivity index (χ4n) is 2.74. The van der Waals surface area contributed by atoms with Gasteiger partial charge in [0, 0.05) is 37.0 Å². The van der Waals surface area contributed by atoms with Crippen molar-refractivity contribution in [3.63, 3.8) is 0 Å². The molecule has 1 aliphatic heterocycles. The zero-order chi connectivity index (χ0) is 13.7. The lowest BCUT2D eigenvalue weighted by Crippen LogP contribution is -2.37. The zero-order valence-electron chi connectivity index (χ0n) is 12.7. The van der Waals surface area contributed by atoms with E-state index in [0.717, 1.165) is 43.3 Å². The van der Waals surface area contributed by atoms with Crippen molar-refractivity contribution in [2.24, 2.45) is 0 Å². The van der Waals surface area contributed by atoms with E-state index >= 15 is 0 Å². The number of aryl methyl sites for hydroxylation is 1. The summed E-state index contributed by atoms with van der Waals surface area (Å²) in [5, 5.41) is 3.44. The van der Waals surface area contributed by atoms with Crippen LogP contribution in [0.2, 0.25) is 0 Å². The summed E-state index contributed by atoms with van der Waals surface area (Å²) in [5.74, 6) is 0.906. The number of halogens is 1. The first-order valence-electron chi connectivity index (χ1n) is 7.19. The van der Waals surface area contributed by atoms with Crippen molar-refractivity contribution >= 4 is 12.4 Å². The van der Waals surface area contributed by atoms with Gasteiger partial charge in [0.05, 0.1) is 12.8 Å². The van der Waals surface area contributed by atoms with Crippen molar-refractivity contribution in [1.82, 2.24) is 15.2 Å². The minimum Gasteiger partial charge on any atom is -0.497 e. The molecule has 0 saturated carbocycles. The van der Waals surface area contributed by atoms with E-state index < -0.39 is 0 Å². The lowest BCUT2D eigenvalue weighted by atomic mass is 10.2. The Morgan fingerprint density at radius 3 is 2.85 bits per heavy atom. The quantitative estimate of drug-likeness (QED) is 0.875. The summed E-state index contributed by atoms with van der Waals surface area (Å²) in [4.78, 5) is 7.18. The van der Waals surface area contributed by atoms with Crippen molar-refractivity contribution in [3.8, 4) is 5.75 Å². The number of pyridine rings is 1. The van der Waals surface area contributed by atoms with E-state index in [2.05, 4.69) is 28.2 Å². The van der Waals surface area contributed by atoms with Gasteiger partial charge in [-0.1, -0.05) is 6.92 Å². The fraction of sp³-hybridized carbons (Fsp3) is 0.667. The van der Waals surface area contributed by atoms with Crippen LogP contribution >= 0.6 is 12.4 Å². The van der Waals surface area contributed by atoms with E-state index in [1.54, 1.807) is 7.11 Å². The summed E-state index contributed by atoms with van der Waals surface area (Å²) in [5.41, 5.74) is 2.13. The summed E-state index contributed by atoms with van der Waals surface area (Å²) in [7, 11) is 1.71. The molecule has 0 amide bonds. The predicted octanol–water partition coefficient (Wildman–Crippen LogP) is 2.39. The number of hydrogen-bond donors (Lipinski definition) is 1. The molecule has 1 fully saturated rings. The van der Waals surface area contributed by atoms with Gasteiger partial charge in [-0.25, -0.2) is 0 Å². The number of nitrogens with zero attached hydrogens (tertiary/aromatic N) is 2. The average Bonchev–Trinajstić information content (AvgIpc) is 2.91. The van der Waals surface area contributed by atoms with E-state index in [1.807, 2.05) is 13.0 Å². The Hall–Kier alpha value is -0.840. The second-order valence-electron chi connectivity index (χ2n) is 5.26. The number of hydrogen-bond acceptors (Lipinski definition) is 4. The van der Waals surface area contributed by atoms with Crippen molar-refractivity contribution in [1.29, 1.82) is 0 Å². The molecule has 2 heterocycles. The zero-order valence-corrected chi connectivity index (χ0v) is 13.5. The van der Waals surface area contributed by atoms with Crippen LogP contribution in [0.15, 0.2) is 12.1 Å². The molecule has 2 rings (SSSR count). The Morgan fingerprint density at radius 2 is 2.25 bits per heavy atom. The Bertz CT molecular complexity index is 408. The summed E-state index contributed by atoms with van der Waals surface area (Å²) in [6.07, 6.45) is 2.42. The highest BCUT2D eigenvalue weighted by Crippen LogP contribution is 2.17. The van der Waals surface area contributed by atoms with Crippen LogP contribution in [-0.2, 0) is 6.54 Å². The molecule has 1 atom stereocenters. The maximum atomic E-state index is 5.33. The van der Waals surface area contributed by atoms with Gasteiger partial charge in [0.25, 0.3) is 0 Å². The van der Waals surface area contributed by atoms with Gasteiger partial charge in [-0.2, -0.15) is 0 Å². The molecular weight excluding hydrogens is 274 g/mol. The molecule has 4 nitrogen and oxygen atoms in total. The second kappa shape index (κ2) is 8.45. The normalized spacial score (nSPS) is 18.1. The van der Waals surface area contributed by atoms with E-state index in [4.69, 9.17) is 4.74 Å². The molecule has 1 N–H and O–H groups in total. The maximum Gasteiger partial charge on any atom is 0.122 e. The minimum absolute atomic E-state index is 0. The molecule has 0 radical (unpaired) electrons. The van der Waals surface area contributed by atoms with Crippen molar-refractivity contribution in [2.45, 2.75) is 39.3 Å². The Labute approximate surface area is 128 Å². The molecule has 0 bridgehead atoms. The molecule has 0 spiro atoms. The van der Waals surface area contributed by atoms with Crippen molar-refractivity contribution < 1.29 is 4.74 Å². The average molecular weight is 300 g/mol. The number of ether oxygens (including phenoxy) is 1. The molecule has 0 aromatic carbocycles. The van der Waals surface area contributed by atoms with Crippen LogP contribution < -0.4 is 10.1 Å². The fourth-order valence-corrected chi connectivity index (χ4v) is 2.74. The van der Waals surface area contributed by atoms with Crippen LogP contribution in [0.4, 0.5) is 0 Å². The van der Waals surface area contributed by atoms with Gasteiger partial charge >= 0.3 is 0 Å². The van der Waals surface area contributed by atoms with Crippen LogP contribution in [0.1, 0.15) is 31.2 Å². The smallest absolute Gasteiger partial charge is 0.122 e. The minimum atomic E-state index is 0. The first-order valence-corrected chi connectivity index (χ1v) is 7.19. The van der Waals surface area contributed by atoms with Crippen LogP contribution in [-0.4, -0.2) is 42.7 Å². The molecule has 1 aromatic rings. The van der Waals surface area contributed by atoms with Crippen LogP contribution in [0.3, 0.4) is 0 Å². The first kappa shape index (κ1) is 17.2. The van der Waals surface area contributed by atoms with E-state index in [-0.39, 0.29) is 12.4 Å². The van der Waals surface area contributed by atoms with Gasteiger partial charge in [0.2, 0.25) is 0 Å². The summed E-state index contributed by atoms with van der Waals surface area (Å²) >= 11 is 0. The Balaban J connectivity index is 0.00000200. The van der Waals surface area contributed by atoms with Crippen molar-refractivity contribution in [3.05, 3.63) is 23.5 Å². The van der Waals surface area contributed by atoms with Gasteiger partial charge in [-0.15, -0.1) is 12.4 Å². The molecule has 0 aliphatic carbocycles. The third-order valence-corrected chi connectivity index (χ3v) is 3.64. The largest absolute Gasteiger partial charge is 0.497 e. The number of aromatic nitrogens is 1. The van der Waals surface area contributed by atoms with Crippen LogP contribution in [0.5, 0.6) is 5.75 Å². The molecule has 1 aliphatic rings. The Kier molecular flexibility index (Phi) is 7.27. The van der Waals surface area contributed by atoms with E-state index in [9.17, 15) is 0 Å². The maximum absolute atomic E-state index is 5.33. The molecule has 20 heavy (non-hydrogen) atoms. The highest BCUT2D eigenvalue weighted by molar-refractivity contribution is 5.85. The topological polar surface area (TPSA) is 37.4 Å². The van der Waals surface area contributed by atoms with Gasteiger partial charge in [0.1, 0.15) is 5.75 Å². The summed E-state index contributed by atoms with van der Waals surface area (Å²) in [6.45, 7) is 8.54. The molecular formula is C15H26ClN3O. The summed E-state index contributed by atoms with van der Waals surface area (Å²) < 4.78 is 5.33. The lowest BCUT2D eigenvalue weighted by Gasteiger charge is -2.27. The van der Waals surface area contributed by atoms with E-state index in [0.29, 0.717) is 6.04 Å². The number of rotatable bonds is 6. The SMILES string of the molecule is CCCN(Cc1cc(OC)cc(C)n1)C1CCNC1.Cl. The van der Waals surface area contributed by atoms with E-state index in [1.165, 1.54) is 12.8 Å². The summed E-state index contributed by atoms with van der Waals surface area (Å²) in [6, 6.07) is 4.68. The molecule has 5 heteroatoms. The van der Waals surface area contributed by atoms with Crippen molar-refractivity contribution in [2.75, 3.05) is 26.7 Å². The highest BCUT2D eigenvalue weighted by Gasteiger charge is 2.22. The van der Waals surface area contributed by atoms with Gasteiger partial charge in [0.15, 0.2) is 0 Å². The predicted molar refractivity (Wildman–Crippen MR) is 84.7 cm³/mol. The lowest BCUT2D eigenvalue weighted by molar-refractivity contribution is 0.197. The molecule has 114 valence electrons. The second-order valence-corrected chi connectivity index (χ2v) is 5.26. The molecule has 1 unspecified atom stereocenters. The standard InChI is InChI=1S/C15H25N3O.ClH/c1-4-7-18(14-5-6-16-10-14)11-13-9-15(19-3)8-12(2)17-13;/h8-9,14,16H,4-7,10-11H2,1-3H3;1H. The van der Waals surface area contributed by atoms with Gasteiger partial charge in [-0.05, 0) is 32.9 Å². The van der Waals surface area contributed by atoms with Crippen LogP contribution in [0.25, 0.3) is 0 Å². The third kappa shape index (κ3) is 4.62. The third-order valence-electron chi connectivity index (χ3n) is 3.64. The van der Waals surface area contributed by atoms with Gasteiger partial charge in [-0.3, -0.25) is 9.88 Å². The highest BCUT2D eigenvalue weighted by atomic mass is 35.5. The monoisotopic (exact) mass is 299 g/mol. The molecule has 1 saturated heterocycles. The van der Waals surface area contributed by atoms with Gasteiger partial charge < -0.3 is 10.1 Å².